The zero-order chi connectivity index (χ0) is 8.97. The molecule has 0 bridgehead atoms. The third-order valence-corrected chi connectivity index (χ3v) is 2.26. The Balaban J connectivity index is 1.91. The molecule has 2 atom stereocenters. The highest BCUT2D eigenvalue weighted by molar-refractivity contribution is 5.71. The summed E-state index contributed by atoms with van der Waals surface area (Å²) < 4.78 is 4.77. The van der Waals surface area contributed by atoms with E-state index in [0.29, 0.717) is 13.2 Å². The molecule has 3 nitrogen and oxygen atoms in total. The molecule has 1 N–H and O–H groups in total. The van der Waals surface area contributed by atoms with E-state index in [-0.39, 0.29) is 5.97 Å². The summed E-state index contributed by atoms with van der Waals surface area (Å²) in [5.74, 6) is 1.49. The van der Waals surface area contributed by atoms with Crippen LogP contribution in [0.3, 0.4) is 0 Å². The van der Waals surface area contributed by atoms with Crippen LogP contribution in [0.2, 0.25) is 0 Å². The number of nitrogens with one attached hydrogen (secondary N) is 1. The summed E-state index contributed by atoms with van der Waals surface area (Å²) in [5.41, 5.74) is 0. The second-order valence-electron chi connectivity index (χ2n) is 3.41. The van der Waals surface area contributed by atoms with E-state index in [1.807, 2.05) is 6.92 Å². The smallest absolute Gasteiger partial charge is 0.319 e. The van der Waals surface area contributed by atoms with E-state index >= 15 is 0 Å². The van der Waals surface area contributed by atoms with Crippen LogP contribution in [0.4, 0.5) is 0 Å². The first-order valence-electron chi connectivity index (χ1n) is 4.60. The molecule has 70 valence electrons. The van der Waals surface area contributed by atoms with E-state index in [2.05, 4.69) is 12.2 Å². The van der Waals surface area contributed by atoms with Gasteiger partial charge in [-0.15, -0.1) is 0 Å². The molecule has 0 amide bonds. The quantitative estimate of drug-likeness (QED) is 0.622. The van der Waals surface area contributed by atoms with Crippen molar-refractivity contribution < 1.29 is 9.53 Å². The molecule has 1 aliphatic carbocycles. The minimum atomic E-state index is -0.147. The monoisotopic (exact) mass is 171 g/mol. The van der Waals surface area contributed by atoms with Crippen molar-refractivity contribution in [2.75, 3.05) is 19.7 Å². The fourth-order valence-corrected chi connectivity index (χ4v) is 1.26. The zero-order valence-electron chi connectivity index (χ0n) is 7.80. The minimum absolute atomic E-state index is 0.147. The topological polar surface area (TPSA) is 38.3 Å². The van der Waals surface area contributed by atoms with Crippen molar-refractivity contribution >= 4 is 5.97 Å². The highest BCUT2D eigenvalue weighted by Gasteiger charge is 2.31. The molecule has 0 radical (unpaired) electrons. The van der Waals surface area contributed by atoms with Crippen LogP contribution in [0.25, 0.3) is 0 Å². The van der Waals surface area contributed by atoms with E-state index < -0.39 is 0 Å². The molecule has 0 unspecified atom stereocenters. The van der Waals surface area contributed by atoms with Crippen LogP contribution in [-0.4, -0.2) is 25.7 Å². The van der Waals surface area contributed by atoms with Gasteiger partial charge in [0.15, 0.2) is 0 Å². The van der Waals surface area contributed by atoms with E-state index in [0.717, 1.165) is 18.4 Å². The van der Waals surface area contributed by atoms with Crippen LogP contribution in [0, 0.1) is 11.8 Å². The van der Waals surface area contributed by atoms with Crippen molar-refractivity contribution in [1.82, 2.24) is 5.32 Å². The molecule has 1 saturated carbocycles. The zero-order valence-corrected chi connectivity index (χ0v) is 7.80. The Bertz CT molecular complexity index is 159. The molecule has 0 saturated heterocycles. The summed E-state index contributed by atoms with van der Waals surface area (Å²) >= 11 is 0. The van der Waals surface area contributed by atoms with Crippen molar-refractivity contribution in [3.8, 4) is 0 Å². The van der Waals surface area contributed by atoms with Crippen molar-refractivity contribution in [3.05, 3.63) is 0 Å². The predicted octanol–water partition coefficient (Wildman–Crippen LogP) is 0.795. The molecule has 3 heteroatoms. The van der Waals surface area contributed by atoms with Crippen LogP contribution in [0.15, 0.2) is 0 Å². The second-order valence-corrected chi connectivity index (χ2v) is 3.41. The van der Waals surface area contributed by atoms with Crippen LogP contribution in [-0.2, 0) is 9.53 Å². The summed E-state index contributed by atoms with van der Waals surface area (Å²) in [6.07, 6.45) is 1.30. The Morgan fingerprint density at radius 2 is 2.33 bits per heavy atom. The van der Waals surface area contributed by atoms with Gasteiger partial charge >= 0.3 is 5.97 Å². The third-order valence-electron chi connectivity index (χ3n) is 2.26. The Morgan fingerprint density at radius 3 is 2.83 bits per heavy atom. The number of esters is 1. The normalized spacial score (nSPS) is 26.8. The summed E-state index contributed by atoms with van der Waals surface area (Å²) in [6.45, 7) is 5.84. The van der Waals surface area contributed by atoms with Gasteiger partial charge in [0.2, 0.25) is 0 Å². The minimum Gasteiger partial charge on any atom is -0.465 e. The number of carbonyl (C=O) groups excluding carboxylic acids is 1. The van der Waals surface area contributed by atoms with Gasteiger partial charge in [-0.25, -0.2) is 0 Å². The van der Waals surface area contributed by atoms with Crippen molar-refractivity contribution in [3.63, 3.8) is 0 Å². The molecular weight excluding hydrogens is 154 g/mol. The standard InChI is InChI=1S/C9H17NO2/c1-3-12-9(11)6-10-5-8-4-7(8)2/h7-8,10H,3-6H2,1-2H3/t7-,8+/m1/s1. The Labute approximate surface area is 73.5 Å². The lowest BCUT2D eigenvalue weighted by Gasteiger charge is -2.02. The molecule has 12 heavy (non-hydrogen) atoms. The fraction of sp³-hybridized carbons (Fsp3) is 0.889. The molecule has 1 rings (SSSR count). The third kappa shape index (κ3) is 3.22. The molecule has 0 spiro atoms. The molecule has 0 heterocycles. The van der Waals surface area contributed by atoms with E-state index in [1.54, 1.807) is 0 Å². The van der Waals surface area contributed by atoms with Crippen molar-refractivity contribution in [1.29, 1.82) is 0 Å². The second kappa shape index (κ2) is 4.45. The van der Waals surface area contributed by atoms with Gasteiger partial charge in [0.05, 0.1) is 13.2 Å². The van der Waals surface area contributed by atoms with Gasteiger partial charge in [-0.3, -0.25) is 4.79 Å². The highest BCUT2D eigenvalue weighted by Crippen LogP contribution is 2.36. The fourth-order valence-electron chi connectivity index (χ4n) is 1.26. The average molecular weight is 171 g/mol. The number of ether oxygens (including phenoxy) is 1. The molecule has 0 aromatic heterocycles. The Hall–Kier alpha value is -0.570. The number of hydrogen-bond donors (Lipinski definition) is 1. The Morgan fingerprint density at radius 1 is 1.67 bits per heavy atom. The SMILES string of the molecule is CCOC(=O)CNC[C@@H]1C[C@H]1C. The average Bonchev–Trinajstić information content (AvgIpc) is 2.67. The number of hydrogen-bond acceptors (Lipinski definition) is 3. The first-order valence-corrected chi connectivity index (χ1v) is 4.60. The van der Waals surface area contributed by atoms with Gasteiger partial charge in [-0.2, -0.15) is 0 Å². The number of rotatable bonds is 5. The molecular formula is C9H17NO2. The maximum absolute atomic E-state index is 10.8. The lowest BCUT2D eigenvalue weighted by atomic mass is 10.3. The summed E-state index contributed by atoms with van der Waals surface area (Å²) in [6, 6.07) is 0. The molecule has 1 fully saturated rings. The van der Waals surface area contributed by atoms with E-state index in [1.165, 1.54) is 6.42 Å². The Kier molecular flexibility index (Phi) is 3.53. The highest BCUT2D eigenvalue weighted by atomic mass is 16.5. The van der Waals surface area contributed by atoms with Crippen LogP contribution in [0.5, 0.6) is 0 Å². The van der Waals surface area contributed by atoms with E-state index in [4.69, 9.17) is 4.74 Å². The summed E-state index contributed by atoms with van der Waals surface area (Å²) in [7, 11) is 0. The van der Waals surface area contributed by atoms with Crippen LogP contribution >= 0.6 is 0 Å². The van der Waals surface area contributed by atoms with Gasteiger partial charge in [0, 0.05) is 0 Å². The van der Waals surface area contributed by atoms with Gasteiger partial charge in [0.25, 0.3) is 0 Å². The number of carbonyl (C=O) groups is 1. The molecule has 0 aromatic rings. The van der Waals surface area contributed by atoms with Gasteiger partial charge in [-0.05, 0) is 31.7 Å². The van der Waals surface area contributed by atoms with Gasteiger partial charge in [-0.1, -0.05) is 6.92 Å². The maximum Gasteiger partial charge on any atom is 0.319 e. The lowest BCUT2D eigenvalue weighted by molar-refractivity contribution is -0.142. The van der Waals surface area contributed by atoms with Gasteiger partial charge < -0.3 is 10.1 Å². The molecule has 1 aliphatic rings. The first-order chi connectivity index (χ1) is 5.74. The van der Waals surface area contributed by atoms with Crippen LogP contribution in [0.1, 0.15) is 20.3 Å². The van der Waals surface area contributed by atoms with E-state index in [9.17, 15) is 4.79 Å². The summed E-state index contributed by atoms with van der Waals surface area (Å²) in [4.78, 5) is 10.8. The lowest BCUT2D eigenvalue weighted by Crippen LogP contribution is -2.26. The van der Waals surface area contributed by atoms with Crippen molar-refractivity contribution in [2.45, 2.75) is 20.3 Å². The molecule has 0 aliphatic heterocycles. The predicted molar refractivity (Wildman–Crippen MR) is 46.8 cm³/mol. The van der Waals surface area contributed by atoms with Crippen molar-refractivity contribution in [2.24, 2.45) is 11.8 Å². The maximum atomic E-state index is 10.8. The van der Waals surface area contributed by atoms with Crippen LogP contribution < -0.4 is 5.32 Å². The van der Waals surface area contributed by atoms with Gasteiger partial charge in [0.1, 0.15) is 0 Å². The first kappa shape index (κ1) is 9.52. The molecule has 0 aromatic carbocycles. The summed E-state index contributed by atoms with van der Waals surface area (Å²) in [5, 5.41) is 3.09. The largest absolute Gasteiger partial charge is 0.465 e.